The topological polar surface area (TPSA) is 82.1 Å². The summed E-state index contributed by atoms with van der Waals surface area (Å²) in [5, 5.41) is 9.96. The Morgan fingerprint density at radius 1 is 1.25 bits per heavy atom. The Labute approximate surface area is 114 Å². The van der Waals surface area contributed by atoms with Gasteiger partial charge < -0.3 is 19.3 Å². The molecular formula is C12H16F2O6. The average molecular weight is 294 g/mol. The second kappa shape index (κ2) is 4.92. The van der Waals surface area contributed by atoms with Gasteiger partial charge in [0.05, 0.1) is 0 Å². The molecule has 2 rings (SSSR count). The molecule has 2 bridgehead atoms. The average Bonchev–Trinajstić information content (AvgIpc) is 2.31. The SMILES string of the molecule is CC(=O)O[C@@H]1[C@@H](OC(C)=O)C(F)(F)[C@]2(O)CCC[C@H]1O2. The van der Waals surface area contributed by atoms with E-state index in [2.05, 4.69) is 4.74 Å². The molecule has 0 unspecified atom stereocenters. The van der Waals surface area contributed by atoms with Gasteiger partial charge in [-0.05, 0) is 12.8 Å². The lowest BCUT2D eigenvalue weighted by Gasteiger charge is -2.51. The van der Waals surface area contributed by atoms with Crippen LogP contribution < -0.4 is 0 Å². The Hall–Kier alpha value is -1.28. The summed E-state index contributed by atoms with van der Waals surface area (Å²) in [6.07, 6.45) is -4.09. The Morgan fingerprint density at radius 3 is 2.40 bits per heavy atom. The van der Waals surface area contributed by atoms with Gasteiger partial charge in [0.25, 0.3) is 0 Å². The molecule has 20 heavy (non-hydrogen) atoms. The highest BCUT2D eigenvalue weighted by Gasteiger charge is 2.70. The summed E-state index contributed by atoms with van der Waals surface area (Å²) in [4.78, 5) is 22.1. The number of aliphatic hydroxyl groups is 1. The lowest BCUT2D eigenvalue weighted by molar-refractivity contribution is -0.415. The van der Waals surface area contributed by atoms with E-state index in [4.69, 9.17) is 9.47 Å². The van der Waals surface area contributed by atoms with Crippen LogP contribution in [0.25, 0.3) is 0 Å². The van der Waals surface area contributed by atoms with Crippen molar-refractivity contribution in [2.75, 3.05) is 0 Å². The van der Waals surface area contributed by atoms with Crippen molar-refractivity contribution < 1.29 is 37.7 Å². The molecule has 0 aliphatic carbocycles. The van der Waals surface area contributed by atoms with Crippen LogP contribution in [-0.2, 0) is 23.8 Å². The molecule has 1 N–H and O–H groups in total. The molecule has 0 aromatic carbocycles. The molecule has 0 radical (unpaired) electrons. The van der Waals surface area contributed by atoms with Crippen LogP contribution in [0.2, 0.25) is 0 Å². The number of carbonyl (C=O) groups excluding carboxylic acids is 2. The number of carbonyl (C=O) groups is 2. The van der Waals surface area contributed by atoms with E-state index >= 15 is 0 Å². The summed E-state index contributed by atoms with van der Waals surface area (Å²) >= 11 is 0. The Morgan fingerprint density at radius 2 is 1.85 bits per heavy atom. The first-order chi connectivity index (χ1) is 9.17. The molecule has 8 heteroatoms. The molecule has 0 spiro atoms. The Balaban J connectivity index is 2.37. The van der Waals surface area contributed by atoms with Crippen molar-refractivity contribution in [3.8, 4) is 0 Å². The van der Waals surface area contributed by atoms with Crippen LogP contribution in [0.5, 0.6) is 0 Å². The van der Waals surface area contributed by atoms with Gasteiger partial charge in [-0.15, -0.1) is 0 Å². The number of alkyl halides is 2. The van der Waals surface area contributed by atoms with Crippen LogP contribution in [0.3, 0.4) is 0 Å². The Kier molecular flexibility index (Phi) is 3.72. The quantitative estimate of drug-likeness (QED) is 0.757. The zero-order valence-electron chi connectivity index (χ0n) is 11.1. The van der Waals surface area contributed by atoms with Crippen molar-refractivity contribution in [1.82, 2.24) is 0 Å². The van der Waals surface area contributed by atoms with Crippen molar-refractivity contribution in [2.45, 2.75) is 63.1 Å². The summed E-state index contributed by atoms with van der Waals surface area (Å²) in [7, 11) is 0. The smallest absolute Gasteiger partial charge is 0.340 e. The molecule has 2 heterocycles. The van der Waals surface area contributed by atoms with Crippen LogP contribution in [0.4, 0.5) is 8.78 Å². The van der Waals surface area contributed by atoms with E-state index in [1.165, 1.54) is 0 Å². The first-order valence-corrected chi connectivity index (χ1v) is 6.30. The van der Waals surface area contributed by atoms with E-state index in [0.29, 0.717) is 12.8 Å². The van der Waals surface area contributed by atoms with Crippen molar-refractivity contribution in [1.29, 1.82) is 0 Å². The van der Waals surface area contributed by atoms with Gasteiger partial charge >= 0.3 is 17.9 Å². The molecule has 6 nitrogen and oxygen atoms in total. The first-order valence-electron chi connectivity index (χ1n) is 6.30. The van der Waals surface area contributed by atoms with Crippen molar-refractivity contribution >= 4 is 11.9 Å². The van der Waals surface area contributed by atoms with E-state index in [1.807, 2.05) is 0 Å². The third-order valence-corrected chi connectivity index (χ3v) is 3.49. The van der Waals surface area contributed by atoms with Gasteiger partial charge in [-0.2, -0.15) is 8.78 Å². The predicted molar refractivity (Wildman–Crippen MR) is 59.7 cm³/mol. The molecule has 114 valence electrons. The molecule has 2 aliphatic rings. The van der Waals surface area contributed by atoms with Crippen molar-refractivity contribution in [2.24, 2.45) is 0 Å². The maximum atomic E-state index is 14.3. The summed E-state index contributed by atoms with van der Waals surface area (Å²) in [5.74, 6) is -8.31. The van der Waals surface area contributed by atoms with Crippen molar-refractivity contribution in [3.63, 3.8) is 0 Å². The monoisotopic (exact) mass is 294 g/mol. The molecule has 2 aliphatic heterocycles. The number of hydrogen-bond acceptors (Lipinski definition) is 6. The predicted octanol–water partition coefficient (Wildman–Crippen LogP) is 0.756. The zero-order valence-corrected chi connectivity index (χ0v) is 11.1. The summed E-state index contributed by atoms with van der Waals surface area (Å²) in [6.45, 7) is 2.03. The second-order valence-corrected chi connectivity index (χ2v) is 5.06. The fraction of sp³-hybridized carbons (Fsp3) is 0.833. The maximum absolute atomic E-state index is 14.3. The van der Waals surface area contributed by atoms with Gasteiger partial charge in [0, 0.05) is 20.3 Å². The molecule has 0 aromatic rings. The van der Waals surface area contributed by atoms with Gasteiger partial charge in [-0.25, -0.2) is 0 Å². The summed E-state index contributed by atoms with van der Waals surface area (Å²) in [6, 6.07) is 0. The number of hydrogen-bond donors (Lipinski definition) is 1. The number of halogens is 2. The lowest BCUT2D eigenvalue weighted by Crippen LogP contribution is -2.71. The van der Waals surface area contributed by atoms with Crippen LogP contribution in [0.1, 0.15) is 33.1 Å². The maximum Gasteiger partial charge on any atom is 0.340 e. The van der Waals surface area contributed by atoms with Gasteiger partial charge in [-0.3, -0.25) is 9.59 Å². The van der Waals surface area contributed by atoms with E-state index in [-0.39, 0.29) is 6.42 Å². The highest BCUT2D eigenvalue weighted by atomic mass is 19.3. The molecule has 2 saturated heterocycles. The summed E-state index contributed by atoms with van der Waals surface area (Å²) in [5.41, 5.74) is 0. The minimum absolute atomic E-state index is 0.277. The first kappa shape index (κ1) is 15.1. The number of rotatable bonds is 2. The Bertz CT molecular complexity index is 426. The largest absolute Gasteiger partial charge is 0.456 e. The third kappa shape index (κ3) is 2.37. The van der Waals surface area contributed by atoms with Crippen LogP contribution in [0.15, 0.2) is 0 Å². The molecule has 0 aromatic heterocycles. The van der Waals surface area contributed by atoms with Crippen LogP contribution in [-0.4, -0.2) is 47.1 Å². The molecule has 0 amide bonds. The van der Waals surface area contributed by atoms with Gasteiger partial charge in [0.1, 0.15) is 6.10 Å². The van der Waals surface area contributed by atoms with Gasteiger partial charge in [-0.1, -0.05) is 0 Å². The molecular weight excluding hydrogens is 278 g/mol. The normalized spacial score (nSPS) is 39.0. The van der Waals surface area contributed by atoms with Crippen molar-refractivity contribution in [3.05, 3.63) is 0 Å². The van der Waals surface area contributed by atoms with E-state index in [1.54, 1.807) is 0 Å². The highest BCUT2D eigenvalue weighted by Crippen LogP contribution is 2.49. The fourth-order valence-electron chi connectivity index (χ4n) is 2.66. The fourth-order valence-corrected chi connectivity index (χ4v) is 2.66. The van der Waals surface area contributed by atoms with Crippen LogP contribution >= 0.6 is 0 Å². The number of ether oxygens (including phenoxy) is 3. The van der Waals surface area contributed by atoms with E-state index < -0.39 is 42.0 Å². The third-order valence-electron chi connectivity index (χ3n) is 3.49. The van der Waals surface area contributed by atoms with Crippen LogP contribution in [0, 0.1) is 0 Å². The second-order valence-electron chi connectivity index (χ2n) is 5.06. The summed E-state index contributed by atoms with van der Waals surface area (Å²) < 4.78 is 43.1. The zero-order chi connectivity index (χ0) is 15.1. The van der Waals surface area contributed by atoms with E-state index in [9.17, 15) is 23.5 Å². The number of fused-ring (bicyclic) bond motifs is 2. The molecule has 0 saturated carbocycles. The van der Waals surface area contributed by atoms with E-state index in [0.717, 1.165) is 13.8 Å². The number of esters is 2. The minimum Gasteiger partial charge on any atom is -0.456 e. The standard InChI is InChI=1S/C12H16F2O6/c1-6(15)18-9-8-4-3-5-11(17,20-8)12(13,14)10(9)19-7(2)16/h8-10,17H,3-5H2,1-2H3/t8-,9+,10-,11+/m1/s1. The van der Waals surface area contributed by atoms with Gasteiger partial charge in [0.2, 0.25) is 11.9 Å². The highest BCUT2D eigenvalue weighted by molar-refractivity contribution is 5.67. The minimum atomic E-state index is -3.87. The molecule has 2 fully saturated rings. The molecule has 4 atom stereocenters. The lowest BCUT2D eigenvalue weighted by atomic mass is 9.82. The van der Waals surface area contributed by atoms with Gasteiger partial charge in [0.15, 0.2) is 6.10 Å².